The number of carbonyl (C=O) groups is 1. The summed E-state index contributed by atoms with van der Waals surface area (Å²) in [5.74, 6) is 0.220. The summed E-state index contributed by atoms with van der Waals surface area (Å²) in [6, 6.07) is 0. The molecule has 0 atom stereocenters. The molecular weight excluding hydrogens is 128 g/mol. The molecule has 1 aliphatic carbocycles. The predicted octanol–water partition coefficient (Wildman–Crippen LogP) is 1.55. The minimum absolute atomic E-state index is 0.396. The molecule has 2 nitrogen and oxygen atoms in total. The molecule has 10 heavy (non-hydrogen) atoms. The third kappa shape index (κ3) is 2.38. The van der Waals surface area contributed by atoms with Crippen molar-refractivity contribution < 1.29 is 9.53 Å². The van der Waals surface area contributed by atoms with Crippen LogP contribution in [-0.2, 0) is 9.53 Å². The Morgan fingerprint density at radius 3 is 2.60 bits per heavy atom. The Bertz CT molecular complexity index is 114. The molecule has 0 bridgehead atoms. The van der Waals surface area contributed by atoms with Gasteiger partial charge in [0.1, 0.15) is 0 Å². The Labute approximate surface area is 61.6 Å². The highest BCUT2D eigenvalue weighted by Crippen LogP contribution is 2.24. The molecule has 0 heterocycles. The fourth-order valence-electron chi connectivity index (χ4n) is 1.39. The van der Waals surface area contributed by atoms with Gasteiger partial charge in [0.05, 0.1) is 13.5 Å². The molecule has 0 aromatic rings. The van der Waals surface area contributed by atoms with Crippen molar-refractivity contribution in [3.63, 3.8) is 0 Å². The van der Waals surface area contributed by atoms with E-state index in [0.29, 0.717) is 12.5 Å². The van der Waals surface area contributed by atoms with E-state index in [1.807, 2.05) is 0 Å². The Hall–Kier alpha value is -0.530. The van der Waals surface area contributed by atoms with Crippen molar-refractivity contribution in [1.82, 2.24) is 0 Å². The summed E-state index contributed by atoms with van der Waals surface area (Å²) in [4.78, 5) is 10.3. The Kier molecular flexibility index (Phi) is 2.72. The number of rotatable bonds is 2. The molecule has 1 radical (unpaired) electrons. The highest BCUT2D eigenvalue weighted by molar-refractivity contribution is 5.73. The average molecular weight is 141 g/mol. The maximum Gasteiger partial charge on any atom is 0.306 e. The van der Waals surface area contributed by atoms with Gasteiger partial charge in [0.25, 0.3) is 0 Å². The first-order chi connectivity index (χ1) is 4.79. The largest absolute Gasteiger partial charge is 0.465 e. The van der Waals surface area contributed by atoms with Crippen LogP contribution in [0.15, 0.2) is 0 Å². The second kappa shape index (κ2) is 3.59. The third-order valence-electron chi connectivity index (χ3n) is 1.95. The van der Waals surface area contributed by atoms with Crippen molar-refractivity contribution in [2.45, 2.75) is 25.7 Å². The number of hydrogen-bond acceptors (Lipinski definition) is 2. The molecule has 57 valence electrons. The summed E-state index contributed by atoms with van der Waals surface area (Å²) in [5.41, 5.74) is 0. The van der Waals surface area contributed by atoms with Crippen molar-refractivity contribution in [2.24, 2.45) is 5.92 Å². The lowest BCUT2D eigenvalue weighted by Gasteiger charge is -2.06. The van der Waals surface area contributed by atoms with Gasteiger partial charge < -0.3 is 4.74 Å². The molecule has 1 saturated carbocycles. The van der Waals surface area contributed by atoms with Gasteiger partial charge in [0, 0.05) is 0 Å². The molecule has 2 heteroatoms. The van der Waals surface area contributed by atoms with E-state index in [4.69, 9.17) is 4.74 Å². The fourth-order valence-corrected chi connectivity index (χ4v) is 1.39. The molecule has 1 rings (SSSR count). The van der Waals surface area contributed by atoms with E-state index in [1.165, 1.54) is 25.7 Å². The van der Waals surface area contributed by atoms with Gasteiger partial charge in [0.15, 0.2) is 0 Å². The lowest BCUT2D eigenvalue weighted by atomic mass is 10.1. The summed E-state index contributed by atoms with van der Waals surface area (Å²) in [6.07, 6.45) is 5.01. The molecule has 0 unspecified atom stereocenters. The van der Waals surface area contributed by atoms with Gasteiger partial charge in [0.2, 0.25) is 0 Å². The monoisotopic (exact) mass is 141 g/mol. The second-order valence-corrected chi connectivity index (χ2v) is 2.83. The van der Waals surface area contributed by atoms with Crippen molar-refractivity contribution >= 4 is 5.97 Å². The van der Waals surface area contributed by atoms with Crippen molar-refractivity contribution in [3.05, 3.63) is 6.92 Å². The third-order valence-corrected chi connectivity index (χ3v) is 1.95. The molecular formula is C8H13O2. The summed E-state index contributed by atoms with van der Waals surface area (Å²) in [6.45, 7) is 3.72. The first kappa shape index (κ1) is 7.58. The summed E-state index contributed by atoms with van der Waals surface area (Å²) >= 11 is 0. The van der Waals surface area contributed by atoms with Gasteiger partial charge in [-0.1, -0.05) is 12.8 Å². The van der Waals surface area contributed by atoms with Crippen LogP contribution in [0.5, 0.6) is 0 Å². The van der Waals surface area contributed by atoms with E-state index in [-0.39, 0.29) is 0 Å². The van der Waals surface area contributed by atoms with Gasteiger partial charge in [-0.3, -0.25) is 4.79 Å². The van der Waals surface area contributed by atoms with Crippen LogP contribution in [0.3, 0.4) is 0 Å². The fraction of sp³-hybridized carbons (Fsp3) is 0.750. The van der Waals surface area contributed by atoms with Crippen LogP contribution in [0.4, 0.5) is 0 Å². The van der Waals surface area contributed by atoms with E-state index in [1.54, 1.807) is 0 Å². The van der Waals surface area contributed by atoms with Gasteiger partial charge in [-0.05, 0) is 18.8 Å². The summed E-state index contributed by atoms with van der Waals surface area (Å²) in [7, 11) is 0. The van der Waals surface area contributed by atoms with Crippen molar-refractivity contribution in [2.75, 3.05) is 6.61 Å². The molecule has 0 aromatic carbocycles. The lowest BCUT2D eigenvalue weighted by molar-refractivity contribution is -0.139. The van der Waals surface area contributed by atoms with Crippen LogP contribution < -0.4 is 0 Å². The number of ether oxygens (including phenoxy) is 1. The number of esters is 1. The summed E-state index contributed by atoms with van der Waals surface area (Å²) in [5, 5.41) is 0. The molecule has 0 spiro atoms. The van der Waals surface area contributed by atoms with E-state index >= 15 is 0 Å². The Balaban J connectivity index is 2.07. The van der Waals surface area contributed by atoms with Crippen LogP contribution in [-0.4, -0.2) is 12.6 Å². The predicted molar refractivity (Wildman–Crippen MR) is 38.3 cm³/mol. The minimum Gasteiger partial charge on any atom is -0.465 e. The molecule has 0 aliphatic heterocycles. The zero-order valence-corrected chi connectivity index (χ0v) is 6.14. The van der Waals surface area contributed by atoms with Crippen molar-refractivity contribution in [3.8, 4) is 0 Å². The second-order valence-electron chi connectivity index (χ2n) is 2.83. The van der Waals surface area contributed by atoms with Crippen LogP contribution in [0, 0.1) is 12.8 Å². The van der Waals surface area contributed by atoms with Crippen LogP contribution in [0.25, 0.3) is 0 Å². The molecule has 0 N–H and O–H groups in total. The first-order valence-corrected chi connectivity index (χ1v) is 3.78. The maximum absolute atomic E-state index is 10.3. The Morgan fingerprint density at radius 2 is 2.10 bits per heavy atom. The van der Waals surface area contributed by atoms with Gasteiger partial charge in [-0.2, -0.15) is 0 Å². The smallest absolute Gasteiger partial charge is 0.306 e. The topological polar surface area (TPSA) is 26.3 Å². The van der Waals surface area contributed by atoms with Crippen LogP contribution in [0.1, 0.15) is 25.7 Å². The molecule has 1 aliphatic rings. The maximum atomic E-state index is 10.3. The number of hydrogen-bond donors (Lipinski definition) is 0. The van der Waals surface area contributed by atoms with E-state index in [9.17, 15) is 4.79 Å². The zero-order valence-electron chi connectivity index (χ0n) is 6.14. The standard InChI is InChI=1S/C8H13O2/c1-7(9)10-6-8-4-2-3-5-8/h8H,1-6H2. The Morgan fingerprint density at radius 1 is 1.50 bits per heavy atom. The van der Waals surface area contributed by atoms with Crippen molar-refractivity contribution in [1.29, 1.82) is 0 Å². The molecule has 0 saturated heterocycles. The van der Waals surface area contributed by atoms with E-state index < -0.39 is 5.97 Å². The van der Waals surface area contributed by atoms with Gasteiger partial charge >= 0.3 is 5.97 Å². The SMILES string of the molecule is [CH2]C(=O)OCC1CCCC1. The first-order valence-electron chi connectivity index (χ1n) is 3.78. The van der Waals surface area contributed by atoms with Crippen LogP contribution >= 0.6 is 0 Å². The normalized spacial score (nSPS) is 19.3. The van der Waals surface area contributed by atoms with E-state index in [2.05, 4.69) is 6.92 Å². The van der Waals surface area contributed by atoms with Crippen LogP contribution in [0.2, 0.25) is 0 Å². The van der Waals surface area contributed by atoms with Gasteiger partial charge in [-0.25, -0.2) is 0 Å². The highest BCUT2D eigenvalue weighted by Gasteiger charge is 2.15. The average Bonchev–Trinajstić information content (AvgIpc) is 2.34. The van der Waals surface area contributed by atoms with Gasteiger partial charge in [-0.15, -0.1) is 0 Å². The molecule has 0 aromatic heterocycles. The number of carbonyl (C=O) groups excluding carboxylic acids is 1. The molecule has 1 fully saturated rings. The minimum atomic E-state index is -0.396. The highest BCUT2D eigenvalue weighted by atomic mass is 16.5. The summed E-state index contributed by atoms with van der Waals surface area (Å²) < 4.78 is 4.78. The quantitative estimate of drug-likeness (QED) is 0.545. The van der Waals surface area contributed by atoms with E-state index in [0.717, 1.165) is 0 Å². The lowest BCUT2D eigenvalue weighted by Crippen LogP contribution is -2.08. The molecule has 0 amide bonds. The zero-order chi connectivity index (χ0) is 7.40.